The Balaban J connectivity index is 2.98. The number of hydrogen-bond donors (Lipinski definition) is 0. The van der Waals surface area contributed by atoms with Crippen LogP contribution in [0.2, 0.25) is 0 Å². The number of Topliss-reactive ketones (excluding diaryl/α,β-unsaturated/α-hetero) is 1. The molecule has 0 amide bonds. The predicted octanol–water partition coefficient (Wildman–Crippen LogP) is 3.59. The lowest BCUT2D eigenvalue weighted by molar-refractivity contribution is 0.0987. The summed E-state index contributed by atoms with van der Waals surface area (Å²) in [6.07, 6.45) is 0.213. The molecule has 0 saturated carbocycles. The summed E-state index contributed by atoms with van der Waals surface area (Å²) < 4.78 is 32.1. The van der Waals surface area contributed by atoms with Crippen LogP contribution in [0.15, 0.2) is 12.1 Å². The lowest BCUT2D eigenvalue weighted by Crippen LogP contribution is -2.08. The van der Waals surface area contributed by atoms with Gasteiger partial charge in [-0.05, 0) is 18.1 Å². The molecule has 0 bridgehead atoms. The van der Waals surface area contributed by atoms with Gasteiger partial charge in [0.2, 0.25) is 0 Å². The standard InChI is InChI=1S/C13H16F2O2/c1-4-12(16)9-5-10(14)13(11(15)6-9)17-7-8(2)3/h5-6,8H,4,7H2,1-3H3. The maximum atomic E-state index is 13.5. The highest BCUT2D eigenvalue weighted by molar-refractivity contribution is 5.96. The van der Waals surface area contributed by atoms with E-state index in [0.29, 0.717) is 0 Å². The number of halogens is 2. The highest BCUT2D eigenvalue weighted by Crippen LogP contribution is 2.24. The molecule has 1 aromatic rings. The minimum absolute atomic E-state index is 0.0411. The van der Waals surface area contributed by atoms with Crippen LogP contribution in [-0.2, 0) is 0 Å². The van der Waals surface area contributed by atoms with E-state index in [2.05, 4.69) is 0 Å². The minimum atomic E-state index is -0.831. The fourth-order valence-electron chi connectivity index (χ4n) is 1.31. The van der Waals surface area contributed by atoms with E-state index in [1.807, 2.05) is 13.8 Å². The monoisotopic (exact) mass is 242 g/mol. The van der Waals surface area contributed by atoms with E-state index in [1.165, 1.54) is 0 Å². The Morgan fingerprint density at radius 2 is 1.82 bits per heavy atom. The second-order valence-corrected chi connectivity index (χ2v) is 4.25. The van der Waals surface area contributed by atoms with Gasteiger partial charge in [0.1, 0.15) is 0 Å². The first-order valence-electron chi connectivity index (χ1n) is 5.60. The predicted molar refractivity (Wildman–Crippen MR) is 61.3 cm³/mol. The summed E-state index contributed by atoms with van der Waals surface area (Å²) in [6, 6.07) is 2.04. The number of carbonyl (C=O) groups excluding carboxylic acids is 1. The molecule has 0 aromatic heterocycles. The van der Waals surface area contributed by atoms with Gasteiger partial charge in [-0.1, -0.05) is 20.8 Å². The molecule has 2 nitrogen and oxygen atoms in total. The van der Waals surface area contributed by atoms with E-state index in [4.69, 9.17) is 4.74 Å². The average Bonchev–Trinajstić information content (AvgIpc) is 2.26. The number of carbonyl (C=O) groups is 1. The van der Waals surface area contributed by atoms with Gasteiger partial charge in [0, 0.05) is 12.0 Å². The van der Waals surface area contributed by atoms with Crippen LogP contribution < -0.4 is 4.74 Å². The third-order valence-electron chi connectivity index (χ3n) is 2.20. The molecule has 0 N–H and O–H groups in total. The van der Waals surface area contributed by atoms with Crippen molar-refractivity contribution in [1.29, 1.82) is 0 Å². The summed E-state index contributed by atoms with van der Waals surface area (Å²) >= 11 is 0. The molecule has 0 aliphatic heterocycles. The fourth-order valence-corrected chi connectivity index (χ4v) is 1.31. The second-order valence-electron chi connectivity index (χ2n) is 4.25. The van der Waals surface area contributed by atoms with Gasteiger partial charge in [-0.15, -0.1) is 0 Å². The van der Waals surface area contributed by atoms with E-state index < -0.39 is 17.4 Å². The maximum absolute atomic E-state index is 13.5. The second kappa shape index (κ2) is 5.75. The minimum Gasteiger partial charge on any atom is -0.487 e. The highest BCUT2D eigenvalue weighted by Gasteiger charge is 2.15. The Bertz CT molecular complexity index is 391. The largest absolute Gasteiger partial charge is 0.487 e. The quantitative estimate of drug-likeness (QED) is 0.737. The zero-order chi connectivity index (χ0) is 13.0. The molecule has 4 heteroatoms. The van der Waals surface area contributed by atoms with E-state index in [0.717, 1.165) is 12.1 Å². The molecule has 0 atom stereocenters. The first-order chi connectivity index (χ1) is 7.95. The molecule has 1 rings (SSSR count). The van der Waals surface area contributed by atoms with Crippen LogP contribution >= 0.6 is 0 Å². The Labute approximate surface area is 99.6 Å². The molecule has 0 unspecified atom stereocenters. The Morgan fingerprint density at radius 1 is 1.29 bits per heavy atom. The molecular weight excluding hydrogens is 226 g/mol. The molecule has 0 saturated heterocycles. The number of rotatable bonds is 5. The van der Waals surface area contributed by atoms with Gasteiger partial charge in [-0.3, -0.25) is 4.79 Å². The molecule has 0 aliphatic carbocycles. The van der Waals surface area contributed by atoms with Crippen molar-refractivity contribution in [3.8, 4) is 5.75 Å². The fraction of sp³-hybridized carbons (Fsp3) is 0.462. The Morgan fingerprint density at radius 3 is 2.24 bits per heavy atom. The van der Waals surface area contributed by atoms with Crippen molar-refractivity contribution in [1.82, 2.24) is 0 Å². The van der Waals surface area contributed by atoms with Crippen molar-refractivity contribution >= 4 is 5.78 Å². The molecule has 0 heterocycles. The number of benzene rings is 1. The van der Waals surface area contributed by atoms with Crippen LogP contribution in [0.3, 0.4) is 0 Å². The number of ketones is 1. The smallest absolute Gasteiger partial charge is 0.190 e. The third-order valence-corrected chi connectivity index (χ3v) is 2.20. The van der Waals surface area contributed by atoms with E-state index >= 15 is 0 Å². The van der Waals surface area contributed by atoms with Crippen LogP contribution in [0.5, 0.6) is 5.75 Å². The first kappa shape index (κ1) is 13.6. The Kier molecular flexibility index (Phi) is 4.61. The summed E-state index contributed by atoms with van der Waals surface area (Å²) in [4.78, 5) is 11.3. The van der Waals surface area contributed by atoms with Gasteiger partial charge in [-0.25, -0.2) is 8.78 Å². The first-order valence-corrected chi connectivity index (χ1v) is 5.60. The normalized spacial score (nSPS) is 10.7. The van der Waals surface area contributed by atoms with Gasteiger partial charge in [0.25, 0.3) is 0 Å². The highest BCUT2D eigenvalue weighted by atomic mass is 19.1. The summed E-state index contributed by atoms with van der Waals surface area (Å²) in [5.74, 6) is -2.19. The van der Waals surface area contributed by atoms with Gasteiger partial charge in [0.05, 0.1) is 6.61 Å². The average molecular weight is 242 g/mol. The molecule has 0 radical (unpaired) electrons. The molecule has 0 aliphatic rings. The molecular formula is C13H16F2O2. The Hall–Kier alpha value is -1.45. The van der Waals surface area contributed by atoms with Gasteiger partial charge < -0.3 is 4.74 Å². The zero-order valence-corrected chi connectivity index (χ0v) is 10.2. The van der Waals surface area contributed by atoms with Crippen molar-refractivity contribution < 1.29 is 18.3 Å². The molecule has 94 valence electrons. The SMILES string of the molecule is CCC(=O)c1cc(F)c(OCC(C)C)c(F)c1. The van der Waals surface area contributed by atoms with Gasteiger partial charge >= 0.3 is 0 Å². The lowest BCUT2D eigenvalue weighted by Gasteiger charge is -2.11. The van der Waals surface area contributed by atoms with E-state index in [9.17, 15) is 13.6 Å². The van der Waals surface area contributed by atoms with Crippen molar-refractivity contribution in [2.75, 3.05) is 6.61 Å². The van der Waals surface area contributed by atoms with Crippen molar-refractivity contribution in [2.24, 2.45) is 5.92 Å². The van der Waals surface area contributed by atoms with Gasteiger partial charge in [-0.2, -0.15) is 0 Å². The summed E-state index contributed by atoms with van der Waals surface area (Å²) in [5, 5.41) is 0. The van der Waals surface area contributed by atoms with Crippen LogP contribution in [0.25, 0.3) is 0 Å². The van der Waals surface area contributed by atoms with Crippen molar-refractivity contribution in [2.45, 2.75) is 27.2 Å². The van der Waals surface area contributed by atoms with Crippen LogP contribution in [0.4, 0.5) is 8.78 Å². The maximum Gasteiger partial charge on any atom is 0.190 e. The summed E-state index contributed by atoms with van der Waals surface area (Å²) in [6.45, 7) is 5.63. The molecule has 1 aromatic carbocycles. The zero-order valence-electron chi connectivity index (χ0n) is 10.2. The summed E-state index contributed by atoms with van der Waals surface area (Å²) in [7, 11) is 0. The van der Waals surface area contributed by atoms with E-state index in [1.54, 1.807) is 6.92 Å². The third kappa shape index (κ3) is 3.51. The van der Waals surface area contributed by atoms with Crippen LogP contribution in [0.1, 0.15) is 37.6 Å². The molecule has 17 heavy (non-hydrogen) atoms. The summed E-state index contributed by atoms with van der Waals surface area (Å²) in [5.41, 5.74) is 0.0411. The van der Waals surface area contributed by atoms with Crippen LogP contribution in [0, 0.1) is 17.6 Å². The van der Waals surface area contributed by atoms with E-state index in [-0.39, 0.29) is 30.3 Å². The molecule has 0 fully saturated rings. The number of hydrogen-bond acceptors (Lipinski definition) is 2. The lowest BCUT2D eigenvalue weighted by atomic mass is 10.1. The van der Waals surface area contributed by atoms with Crippen molar-refractivity contribution in [3.63, 3.8) is 0 Å². The number of ether oxygens (including phenoxy) is 1. The van der Waals surface area contributed by atoms with Crippen LogP contribution in [-0.4, -0.2) is 12.4 Å². The molecule has 0 spiro atoms. The van der Waals surface area contributed by atoms with Gasteiger partial charge in [0.15, 0.2) is 23.2 Å². The van der Waals surface area contributed by atoms with Crippen molar-refractivity contribution in [3.05, 3.63) is 29.3 Å². The topological polar surface area (TPSA) is 26.3 Å².